The van der Waals surface area contributed by atoms with E-state index in [4.69, 9.17) is 4.74 Å². The number of methoxy groups -OCH3 is 1. The number of benzene rings is 3. The van der Waals surface area contributed by atoms with Gasteiger partial charge in [0.15, 0.2) is 11.4 Å². The molecule has 0 aliphatic carbocycles. The smallest absolute Gasteiger partial charge is 0.264 e. The SMILES string of the molecule is COc1cccc(C(=O)C[C@]2(O)C(=O)N(Cc3ccccc3)c3ccc(Br)cc32)c1. The predicted octanol–water partition coefficient (Wildman–Crippen LogP) is 4.47. The van der Waals surface area contributed by atoms with Crippen LogP contribution in [0.15, 0.2) is 77.3 Å². The molecule has 30 heavy (non-hydrogen) atoms. The summed E-state index contributed by atoms with van der Waals surface area (Å²) in [5, 5.41) is 11.5. The van der Waals surface area contributed by atoms with E-state index in [1.54, 1.807) is 36.4 Å². The summed E-state index contributed by atoms with van der Waals surface area (Å²) in [6, 6.07) is 21.6. The highest BCUT2D eigenvalue weighted by Crippen LogP contribution is 2.44. The van der Waals surface area contributed by atoms with Crippen molar-refractivity contribution in [2.75, 3.05) is 12.0 Å². The summed E-state index contributed by atoms with van der Waals surface area (Å²) < 4.78 is 5.91. The molecule has 1 heterocycles. The van der Waals surface area contributed by atoms with Crippen molar-refractivity contribution in [1.82, 2.24) is 0 Å². The number of fused-ring (bicyclic) bond motifs is 1. The van der Waals surface area contributed by atoms with Crippen LogP contribution in [0.3, 0.4) is 0 Å². The molecule has 1 amide bonds. The van der Waals surface area contributed by atoms with Crippen LogP contribution in [0.5, 0.6) is 5.75 Å². The summed E-state index contributed by atoms with van der Waals surface area (Å²) >= 11 is 3.41. The van der Waals surface area contributed by atoms with E-state index in [9.17, 15) is 14.7 Å². The number of carbonyl (C=O) groups excluding carboxylic acids is 2. The van der Waals surface area contributed by atoms with Gasteiger partial charge >= 0.3 is 0 Å². The van der Waals surface area contributed by atoms with E-state index < -0.39 is 11.5 Å². The minimum atomic E-state index is -1.94. The maximum atomic E-state index is 13.4. The highest BCUT2D eigenvalue weighted by Gasteiger charge is 2.51. The van der Waals surface area contributed by atoms with Gasteiger partial charge in [0.1, 0.15) is 5.75 Å². The number of aliphatic hydroxyl groups is 1. The van der Waals surface area contributed by atoms with Gasteiger partial charge in [-0.05, 0) is 35.9 Å². The molecule has 0 radical (unpaired) electrons. The van der Waals surface area contributed by atoms with Gasteiger partial charge in [-0.15, -0.1) is 0 Å². The molecular weight excluding hydrogens is 446 g/mol. The Hall–Kier alpha value is -2.96. The first-order chi connectivity index (χ1) is 14.4. The molecule has 1 aliphatic heterocycles. The molecule has 0 spiro atoms. The van der Waals surface area contributed by atoms with Crippen molar-refractivity contribution in [3.63, 3.8) is 0 Å². The van der Waals surface area contributed by atoms with Crippen LogP contribution < -0.4 is 9.64 Å². The van der Waals surface area contributed by atoms with Gasteiger partial charge in [-0.25, -0.2) is 0 Å². The summed E-state index contributed by atoms with van der Waals surface area (Å²) in [5.74, 6) is -0.299. The maximum Gasteiger partial charge on any atom is 0.264 e. The molecule has 6 heteroatoms. The zero-order valence-corrected chi connectivity index (χ0v) is 17.9. The van der Waals surface area contributed by atoms with E-state index in [0.29, 0.717) is 29.1 Å². The van der Waals surface area contributed by atoms with Gasteiger partial charge in [0.2, 0.25) is 0 Å². The number of amides is 1. The Labute approximate surface area is 183 Å². The van der Waals surface area contributed by atoms with Crippen LogP contribution in [0, 0.1) is 0 Å². The van der Waals surface area contributed by atoms with Gasteiger partial charge in [0.05, 0.1) is 25.8 Å². The molecule has 0 unspecified atom stereocenters. The molecule has 5 nitrogen and oxygen atoms in total. The molecule has 0 fully saturated rings. The summed E-state index contributed by atoms with van der Waals surface area (Å²) in [5.41, 5.74) is 0.410. The molecule has 152 valence electrons. The van der Waals surface area contributed by atoms with E-state index in [2.05, 4.69) is 15.9 Å². The number of ether oxygens (including phenoxy) is 1. The number of carbonyl (C=O) groups is 2. The third-order valence-electron chi connectivity index (χ3n) is 5.29. The fourth-order valence-corrected chi connectivity index (χ4v) is 4.11. The second-order valence-corrected chi connectivity index (χ2v) is 8.15. The molecule has 1 aliphatic rings. The average Bonchev–Trinajstić information content (AvgIpc) is 2.96. The van der Waals surface area contributed by atoms with Crippen molar-refractivity contribution in [3.8, 4) is 5.75 Å². The molecule has 1 atom stereocenters. The fourth-order valence-electron chi connectivity index (χ4n) is 3.75. The molecule has 0 bridgehead atoms. The lowest BCUT2D eigenvalue weighted by Crippen LogP contribution is -2.41. The van der Waals surface area contributed by atoms with Gasteiger partial charge < -0.3 is 14.7 Å². The second kappa shape index (κ2) is 8.05. The molecule has 3 aromatic carbocycles. The molecule has 0 saturated heterocycles. The second-order valence-electron chi connectivity index (χ2n) is 7.23. The Morgan fingerprint density at radius 3 is 2.57 bits per heavy atom. The molecule has 3 aromatic rings. The van der Waals surface area contributed by atoms with Crippen LogP contribution in [0.2, 0.25) is 0 Å². The summed E-state index contributed by atoms with van der Waals surface area (Å²) in [6.07, 6.45) is -0.353. The number of nitrogens with zero attached hydrogens (tertiary/aromatic N) is 1. The molecule has 0 aromatic heterocycles. The lowest BCUT2D eigenvalue weighted by Gasteiger charge is -2.23. The Balaban J connectivity index is 1.70. The first kappa shape index (κ1) is 20.3. The van der Waals surface area contributed by atoms with Crippen LogP contribution in [0.1, 0.15) is 27.9 Å². The standard InChI is InChI=1S/C24H20BrNO4/c1-30-19-9-5-8-17(12-19)22(27)14-24(29)20-13-18(25)10-11-21(20)26(23(24)28)15-16-6-3-2-4-7-16/h2-13,29H,14-15H2,1H3/t24-/m1/s1. The first-order valence-electron chi connectivity index (χ1n) is 9.48. The number of halogens is 1. The number of ketones is 1. The lowest BCUT2D eigenvalue weighted by atomic mass is 9.88. The summed E-state index contributed by atoms with van der Waals surface area (Å²) in [7, 11) is 1.52. The van der Waals surface area contributed by atoms with Crippen LogP contribution in [-0.2, 0) is 16.9 Å². The number of rotatable bonds is 6. The third-order valence-corrected chi connectivity index (χ3v) is 5.78. The highest BCUT2D eigenvalue weighted by molar-refractivity contribution is 9.10. The zero-order chi connectivity index (χ0) is 21.3. The Morgan fingerprint density at radius 1 is 1.07 bits per heavy atom. The van der Waals surface area contributed by atoms with E-state index in [-0.39, 0.29) is 12.2 Å². The molecule has 0 saturated carbocycles. The quantitative estimate of drug-likeness (QED) is 0.545. The van der Waals surface area contributed by atoms with E-state index >= 15 is 0 Å². The predicted molar refractivity (Wildman–Crippen MR) is 118 cm³/mol. The largest absolute Gasteiger partial charge is 0.497 e. The van der Waals surface area contributed by atoms with Crippen LogP contribution in [0.4, 0.5) is 5.69 Å². The van der Waals surface area contributed by atoms with E-state index in [1.807, 2.05) is 36.4 Å². The van der Waals surface area contributed by atoms with Crippen molar-refractivity contribution in [2.45, 2.75) is 18.6 Å². The third kappa shape index (κ3) is 3.64. The Kier molecular flexibility index (Phi) is 5.45. The number of Topliss-reactive ketones (excluding diaryl/α,β-unsaturated/α-hetero) is 1. The van der Waals surface area contributed by atoms with E-state index in [0.717, 1.165) is 10.0 Å². The molecular formula is C24H20BrNO4. The number of hydrogen-bond acceptors (Lipinski definition) is 4. The molecule has 1 N–H and O–H groups in total. The number of anilines is 1. The van der Waals surface area contributed by atoms with Crippen molar-refractivity contribution in [1.29, 1.82) is 0 Å². The van der Waals surface area contributed by atoms with Gasteiger partial charge in [-0.3, -0.25) is 9.59 Å². The minimum Gasteiger partial charge on any atom is -0.497 e. The van der Waals surface area contributed by atoms with Crippen molar-refractivity contribution in [2.24, 2.45) is 0 Å². The summed E-state index contributed by atoms with van der Waals surface area (Å²) in [6.45, 7) is 0.309. The average molecular weight is 466 g/mol. The van der Waals surface area contributed by atoms with Crippen molar-refractivity contribution >= 4 is 33.3 Å². The minimum absolute atomic E-state index is 0.309. The fraction of sp³-hybridized carbons (Fsp3) is 0.167. The normalized spacial score (nSPS) is 17.7. The van der Waals surface area contributed by atoms with Crippen LogP contribution in [-0.4, -0.2) is 23.9 Å². The Morgan fingerprint density at radius 2 is 1.83 bits per heavy atom. The first-order valence-corrected chi connectivity index (χ1v) is 10.3. The zero-order valence-electron chi connectivity index (χ0n) is 16.3. The topological polar surface area (TPSA) is 66.8 Å². The van der Waals surface area contributed by atoms with Crippen molar-refractivity contribution in [3.05, 3.63) is 94.0 Å². The van der Waals surface area contributed by atoms with Gasteiger partial charge in [-0.2, -0.15) is 0 Å². The van der Waals surface area contributed by atoms with Crippen LogP contribution in [0.25, 0.3) is 0 Å². The van der Waals surface area contributed by atoms with Crippen LogP contribution >= 0.6 is 15.9 Å². The van der Waals surface area contributed by atoms with Gasteiger partial charge in [0.25, 0.3) is 5.91 Å². The van der Waals surface area contributed by atoms with Gasteiger partial charge in [0, 0.05) is 15.6 Å². The van der Waals surface area contributed by atoms with E-state index in [1.165, 1.54) is 12.0 Å². The highest BCUT2D eigenvalue weighted by atomic mass is 79.9. The van der Waals surface area contributed by atoms with Gasteiger partial charge in [-0.1, -0.05) is 58.4 Å². The monoisotopic (exact) mass is 465 g/mol. The summed E-state index contributed by atoms with van der Waals surface area (Å²) in [4.78, 5) is 27.9. The van der Waals surface area contributed by atoms with Crippen molar-refractivity contribution < 1.29 is 19.4 Å². The maximum absolute atomic E-state index is 13.4. The molecule has 4 rings (SSSR count). The number of hydrogen-bond donors (Lipinski definition) is 1. The Bertz CT molecular complexity index is 1120. The lowest BCUT2D eigenvalue weighted by molar-refractivity contribution is -0.136.